The highest BCUT2D eigenvalue weighted by molar-refractivity contribution is 5.79. The number of ether oxygens (including phenoxy) is 2. The summed E-state index contributed by atoms with van der Waals surface area (Å²) in [5.41, 5.74) is 5.53. The van der Waals surface area contributed by atoms with Gasteiger partial charge in [0.15, 0.2) is 0 Å². The molecule has 5 nitrogen and oxygen atoms in total. The molecule has 1 rings (SSSR count). The second-order valence-electron chi connectivity index (χ2n) is 4.20. The average molecular weight is 229 g/mol. The molecule has 0 aromatic heterocycles. The third-order valence-electron chi connectivity index (χ3n) is 2.93. The second-order valence-corrected chi connectivity index (χ2v) is 4.20. The molecule has 0 aliphatic carbocycles. The lowest BCUT2D eigenvalue weighted by atomic mass is 9.97. The van der Waals surface area contributed by atoms with Crippen LogP contribution >= 0.6 is 0 Å². The van der Waals surface area contributed by atoms with Gasteiger partial charge >= 0.3 is 0 Å². The SMILES string of the molecule is COCCOCCN1CCCC(C(=N)N)C1. The van der Waals surface area contributed by atoms with Gasteiger partial charge in [-0.15, -0.1) is 0 Å². The van der Waals surface area contributed by atoms with Crippen molar-refractivity contribution in [2.45, 2.75) is 12.8 Å². The van der Waals surface area contributed by atoms with Gasteiger partial charge < -0.3 is 20.1 Å². The number of nitrogens with zero attached hydrogens (tertiary/aromatic N) is 1. The predicted octanol–water partition coefficient (Wildman–Crippen LogP) is 0.297. The number of likely N-dealkylation sites (tertiary alicyclic amines) is 1. The van der Waals surface area contributed by atoms with Gasteiger partial charge in [-0.3, -0.25) is 5.41 Å². The standard InChI is InChI=1S/C11H23N3O2/c1-15-7-8-16-6-5-14-4-2-3-10(9-14)11(12)13/h10H,2-9H2,1H3,(H3,12,13). The number of piperidine rings is 1. The molecule has 94 valence electrons. The van der Waals surface area contributed by atoms with E-state index in [-0.39, 0.29) is 5.92 Å². The molecule has 0 aromatic carbocycles. The zero-order chi connectivity index (χ0) is 11.8. The Morgan fingerprint density at radius 3 is 2.94 bits per heavy atom. The molecule has 16 heavy (non-hydrogen) atoms. The van der Waals surface area contributed by atoms with Crippen LogP contribution < -0.4 is 5.73 Å². The highest BCUT2D eigenvalue weighted by atomic mass is 16.5. The van der Waals surface area contributed by atoms with Gasteiger partial charge in [-0.25, -0.2) is 0 Å². The molecule has 0 radical (unpaired) electrons. The Hall–Kier alpha value is -0.650. The Morgan fingerprint density at radius 1 is 1.44 bits per heavy atom. The van der Waals surface area contributed by atoms with Crippen molar-refractivity contribution in [1.29, 1.82) is 5.41 Å². The third-order valence-corrected chi connectivity index (χ3v) is 2.93. The molecule has 0 saturated carbocycles. The first-order valence-corrected chi connectivity index (χ1v) is 5.87. The number of methoxy groups -OCH3 is 1. The quantitative estimate of drug-likeness (QED) is 0.374. The van der Waals surface area contributed by atoms with E-state index in [9.17, 15) is 0 Å². The van der Waals surface area contributed by atoms with E-state index in [1.54, 1.807) is 7.11 Å². The molecule has 0 amide bonds. The Balaban J connectivity index is 2.10. The van der Waals surface area contributed by atoms with Gasteiger partial charge in [0.25, 0.3) is 0 Å². The first kappa shape index (κ1) is 13.4. The van der Waals surface area contributed by atoms with Crippen molar-refractivity contribution in [3.8, 4) is 0 Å². The van der Waals surface area contributed by atoms with Gasteiger partial charge in [-0.1, -0.05) is 0 Å². The van der Waals surface area contributed by atoms with Gasteiger partial charge in [0.05, 0.1) is 25.7 Å². The van der Waals surface area contributed by atoms with E-state index >= 15 is 0 Å². The van der Waals surface area contributed by atoms with Crippen molar-refractivity contribution < 1.29 is 9.47 Å². The summed E-state index contributed by atoms with van der Waals surface area (Å²) < 4.78 is 10.3. The monoisotopic (exact) mass is 229 g/mol. The van der Waals surface area contributed by atoms with Gasteiger partial charge in [0, 0.05) is 26.1 Å². The maximum atomic E-state index is 7.45. The van der Waals surface area contributed by atoms with Gasteiger partial charge in [-0.05, 0) is 19.4 Å². The van der Waals surface area contributed by atoms with Crippen molar-refractivity contribution in [3.05, 3.63) is 0 Å². The summed E-state index contributed by atoms with van der Waals surface area (Å²) in [7, 11) is 1.67. The molecule has 1 fully saturated rings. The molecule has 0 aromatic rings. The predicted molar refractivity (Wildman–Crippen MR) is 63.8 cm³/mol. The lowest BCUT2D eigenvalue weighted by molar-refractivity contribution is 0.0522. The summed E-state index contributed by atoms with van der Waals surface area (Å²) >= 11 is 0. The first-order chi connectivity index (χ1) is 7.74. The Bertz CT molecular complexity index is 211. The van der Waals surface area contributed by atoms with Crippen LogP contribution in [0.25, 0.3) is 0 Å². The van der Waals surface area contributed by atoms with E-state index in [1.165, 1.54) is 0 Å². The summed E-state index contributed by atoms with van der Waals surface area (Å²) in [6.07, 6.45) is 2.18. The van der Waals surface area contributed by atoms with E-state index in [0.29, 0.717) is 19.0 Å². The molecule has 3 N–H and O–H groups in total. The minimum absolute atomic E-state index is 0.243. The van der Waals surface area contributed by atoms with E-state index in [4.69, 9.17) is 20.6 Å². The van der Waals surface area contributed by atoms with Crippen molar-refractivity contribution in [3.63, 3.8) is 0 Å². The normalized spacial score (nSPS) is 22.2. The third kappa shape index (κ3) is 4.92. The van der Waals surface area contributed by atoms with Crippen molar-refractivity contribution in [2.75, 3.05) is 46.6 Å². The fourth-order valence-electron chi connectivity index (χ4n) is 1.95. The fourth-order valence-corrected chi connectivity index (χ4v) is 1.95. The summed E-state index contributed by atoms with van der Waals surface area (Å²) in [5.74, 6) is 0.567. The number of amidine groups is 1. The van der Waals surface area contributed by atoms with Crippen LogP contribution in [0.3, 0.4) is 0 Å². The number of hydrogen-bond acceptors (Lipinski definition) is 4. The molecule has 5 heteroatoms. The van der Waals surface area contributed by atoms with Gasteiger partial charge in [0.2, 0.25) is 0 Å². The largest absolute Gasteiger partial charge is 0.387 e. The van der Waals surface area contributed by atoms with Crippen LogP contribution in [-0.4, -0.2) is 57.3 Å². The lowest BCUT2D eigenvalue weighted by Gasteiger charge is -2.31. The Morgan fingerprint density at radius 2 is 2.25 bits per heavy atom. The molecule has 1 aliphatic rings. The maximum Gasteiger partial charge on any atom is 0.0949 e. The molecule has 1 heterocycles. The first-order valence-electron chi connectivity index (χ1n) is 5.87. The molecule has 1 unspecified atom stereocenters. The Kier molecular flexibility index (Phi) is 6.37. The summed E-state index contributed by atoms with van der Waals surface area (Å²) in [6.45, 7) is 4.96. The van der Waals surface area contributed by atoms with E-state index in [1.807, 2.05) is 0 Å². The minimum Gasteiger partial charge on any atom is -0.387 e. The highest BCUT2D eigenvalue weighted by Gasteiger charge is 2.21. The molecular weight excluding hydrogens is 206 g/mol. The topological polar surface area (TPSA) is 71.6 Å². The molecular formula is C11H23N3O2. The average Bonchev–Trinajstić information content (AvgIpc) is 2.29. The minimum atomic E-state index is 0.243. The van der Waals surface area contributed by atoms with Crippen molar-refractivity contribution >= 4 is 5.84 Å². The van der Waals surface area contributed by atoms with Crippen molar-refractivity contribution in [1.82, 2.24) is 4.90 Å². The summed E-state index contributed by atoms with van der Waals surface area (Å²) in [4.78, 5) is 2.32. The zero-order valence-corrected chi connectivity index (χ0v) is 10.1. The van der Waals surface area contributed by atoms with Crippen molar-refractivity contribution in [2.24, 2.45) is 11.7 Å². The van der Waals surface area contributed by atoms with Gasteiger partial charge in [-0.2, -0.15) is 0 Å². The number of nitrogens with one attached hydrogen (secondary N) is 1. The number of rotatable bonds is 7. The smallest absolute Gasteiger partial charge is 0.0949 e. The second kappa shape index (κ2) is 7.60. The summed E-state index contributed by atoms with van der Waals surface area (Å²) in [5, 5.41) is 7.45. The summed E-state index contributed by atoms with van der Waals surface area (Å²) in [6, 6.07) is 0. The van der Waals surface area contributed by atoms with Gasteiger partial charge in [0.1, 0.15) is 0 Å². The maximum absolute atomic E-state index is 7.45. The fraction of sp³-hybridized carbons (Fsp3) is 0.909. The van der Waals surface area contributed by atoms with Crippen LogP contribution in [0.4, 0.5) is 0 Å². The molecule has 0 spiro atoms. The van der Waals surface area contributed by atoms with Crippen LogP contribution in [0, 0.1) is 11.3 Å². The molecule has 1 aliphatic heterocycles. The Labute approximate surface area is 97.4 Å². The lowest BCUT2D eigenvalue weighted by Crippen LogP contribution is -2.42. The highest BCUT2D eigenvalue weighted by Crippen LogP contribution is 2.15. The molecule has 1 atom stereocenters. The van der Waals surface area contributed by atoms with Crippen LogP contribution in [0.1, 0.15) is 12.8 Å². The number of nitrogens with two attached hydrogens (primary N) is 1. The van der Waals surface area contributed by atoms with Crippen LogP contribution in [0.2, 0.25) is 0 Å². The van der Waals surface area contributed by atoms with E-state index < -0.39 is 0 Å². The molecule has 1 saturated heterocycles. The zero-order valence-electron chi connectivity index (χ0n) is 10.1. The van der Waals surface area contributed by atoms with Crippen LogP contribution in [0.15, 0.2) is 0 Å². The van der Waals surface area contributed by atoms with E-state index in [0.717, 1.165) is 39.1 Å². The van der Waals surface area contributed by atoms with E-state index in [2.05, 4.69) is 4.90 Å². The van der Waals surface area contributed by atoms with Crippen LogP contribution in [-0.2, 0) is 9.47 Å². The van der Waals surface area contributed by atoms with Crippen LogP contribution in [0.5, 0.6) is 0 Å². The number of hydrogen-bond donors (Lipinski definition) is 2. The molecule has 0 bridgehead atoms.